The summed E-state index contributed by atoms with van der Waals surface area (Å²) in [6, 6.07) is 15.7. The van der Waals surface area contributed by atoms with Crippen LogP contribution in [0.2, 0.25) is 0 Å². The number of nitrogens with zero attached hydrogens (tertiary/aromatic N) is 4. The Kier molecular flexibility index (Phi) is 8.51. The number of benzene rings is 2. The second kappa shape index (κ2) is 12.4. The Morgan fingerprint density at radius 2 is 1.82 bits per heavy atom. The first-order chi connectivity index (χ1) is 19.5. The molecule has 1 fully saturated rings. The Morgan fingerprint density at radius 1 is 1.07 bits per heavy atom. The Labute approximate surface area is 238 Å². The average Bonchev–Trinajstić information content (AvgIpc) is 3.55. The molecule has 1 amide bonds. The number of halogens is 1. The van der Waals surface area contributed by atoms with Gasteiger partial charge in [0.2, 0.25) is 5.13 Å². The number of aromatic nitrogens is 3. The molecular weight excluding hydrogens is 551 g/mol. The van der Waals surface area contributed by atoms with Gasteiger partial charge in [-0.15, -0.1) is 10.2 Å². The predicted molar refractivity (Wildman–Crippen MR) is 152 cm³/mol. The lowest BCUT2D eigenvalue weighted by Gasteiger charge is -2.22. The number of anilines is 1. The highest BCUT2D eigenvalue weighted by Gasteiger charge is 2.48. The molecule has 11 heteroatoms. The lowest BCUT2D eigenvalue weighted by atomic mass is 9.95. The minimum absolute atomic E-state index is 0.0633. The van der Waals surface area contributed by atoms with Crippen molar-refractivity contribution in [2.24, 2.45) is 0 Å². The normalized spacial score (nSPS) is 16.4. The van der Waals surface area contributed by atoms with Gasteiger partial charge in [0.15, 0.2) is 4.34 Å². The van der Waals surface area contributed by atoms with E-state index in [1.165, 1.54) is 35.1 Å². The summed E-state index contributed by atoms with van der Waals surface area (Å²) in [6.07, 6.45) is 4.91. The van der Waals surface area contributed by atoms with Gasteiger partial charge in [-0.2, -0.15) is 0 Å². The van der Waals surface area contributed by atoms with E-state index >= 15 is 0 Å². The number of hydrogen-bond donors (Lipinski definition) is 1. The maximum Gasteiger partial charge on any atom is 0.301 e. The van der Waals surface area contributed by atoms with Crippen LogP contribution in [-0.4, -0.2) is 38.6 Å². The highest BCUT2D eigenvalue weighted by Crippen LogP contribution is 2.44. The molecule has 3 heterocycles. The molecule has 2 aromatic heterocycles. The minimum atomic E-state index is -0.949. The predicted octanol–water partition coefficient (Wildman–Crippen LogP) is 6.17. The summed E-state index contributed by atoms with van der Waals surface area (Å²) >= 11 is 2.40. The second-order valence-corrected chi connectivity index (χ2v) is 11.1. The molecule has 0 spiro atoms. The fourth-order valence-electron chi connectivity index (χ4n) is 4.20. The van der Waals surface area contributed by atoms with Crippen LogP contribution in [0, 0.1) is 5.82 Å². The Morgan fingerprint density at radius 3 is 2.55 bits per heavy atom. The van der Waals surface area contributed by atoms with Crippen LogP contribution in [0.25, 0.3) is 5.76 Å². The molecule has 2 aromatic carbocycles. The second-order valence-electron chi connectivity index (χ2n) is 8.91. The maximum atomic E-state index is 14.1. The van der Waals surface area contributed by atoms with Crippen molar-refractivity contribution in [1.29, 1.82) is 0 Å². The Balaban J connectivity index is 1.50. The molecule has 1 atom stereocenters. The van der Waals surface area contributed by atoms with Crippen molar-refractivity contribution in [2.75, 3.05) is 11.5 Å². The number of aliphatic hydroxyl groups is 1. The van der Waals surface area contributed by atoms with Gasteiger partial charge in [-0.05, 0) is 47.9 Å². The summed E-state index contributed by atoms with van der Waals surface area (Å²) in [7, 11) is 0. The van der Waals surface area contributed by atoms with E-state index in [1.807, 2.05) is 0 Å². The first-order valence-electron chi connectivity index (χ1n) is 12.6. The van der Waals surface area contributed by atoms with Crippen molar-refractivity contribution in [2.45, 2.75) is 35.9 Å². The lowest BCUT2D eigenvalue weighted by molar-refractivity contribution is -0.132. The van der Waals surface area contributed by atoms with Crippen LogP contribution in [-0.2, 0) is 15.3 Å². The van der Waals surface area contributed by atoms with Gasteiger partial charge in [0, 0.05) is 23.7 Å². The minimum Gasteiger partial charge on any atom is -0.507 e. The van der Waals surface area contributed by atoms with E-state index < -0.39 is 17.7 Å². The van der Waals surface area contributed by atoms with Crippen LogP contribution < -0.4 is 9.64 Å². The summed E-state index contributed by atoms with van der Waals surface area (Å²) in [5, 5.41) is 19.8. The molecule has 1 unspecified atom stereocenters. The fraction of sp³-hybridized carbons (Fsp3) is 0.207. The summed E-state index contributed by atoms with van der Waals surface area (Å²) in [4.78, 5) is 32.0. The van der Waals surface area contributed by atoms with Gasteiger partial charge >= 0.3 is 5.91 Å². The van der Waals surface area contributed by atoms with Crippen LogP contribution in [0.4, 0.5) is 9.52 Å². The van der Waals surface area contributed by atoms with Crippen molar-refractivity contribution in [3.8, 4) is 5.75 Å². The summed E-state index contributed by atoms with van der Waals surface area (Å²) in [5.41, 5.74) is 1.40. The van der Waals surface area contributed by atoms with Crippen molar-refractivity contribution in [1.82, 2.24) is 15.2 Å². The summed E-state index contributed by atoms with van der Waals surface area (Å²) < 4.78 is 20.4. The van der Waals surface area contributed by atoms with Gasteiger partial charge in [0.05, 0.1) is 18.2 Å². The van der Waals surface area contributed by atoms with E-state index in [9.17, 15) is 19.1 Å². The first kappa shape index (κ1) is 27.5. The summed E-state index contributed by atoms with van der Waals surface area (Å²) in [5.74, 6) is -1.31. The Bertz CT molecular complexity index is 1540. The van der Waals surface area contributed by atoms with Gasteiger partial charge in [0.1, 0.15) is 17.3 Å². The molecule has 1 aliphatic heterocycles. The van der Waals surface area contributed by atoms with Gasteiger partial charge < -0.3 is 9.84 Å². The van der Waals surface area contributed by atoms with E-state index in [1.54, 1.807) is 54.6 Å². The SMILES string of the molecule is CCCCOc1ccc(C2C(=C(O)c3ccncc3)C(=O)C(=O)N2c2nnc(SCc3ccccc3F)s2)cc1. The van der Waals surface area contributed by atoms with Crippen molar-refractivity contribution < 1.29 is 23.8 Å². The zero-order valence-electron chi connectivity index (χ0n) is 21.5. The molecule has 1 aliphatic rings. The maximum absolute atomic E-state index is 14.1. The number of carbonyl (C=O) groups excluding carboxylic acids is 2. The molecule has 0 aliphatic carbocycles. The number of pyridine rings is 1. The van der Waals surface area contributed by atoms with Crippen LogP contribution in [0.5, 0.6) is 5.75 Å². The molecule has 0 bridgehead atoms. The number of ketones is 1. The number of unbranched alkanes of at least 4 members (excludes halogenated alkanes) is 1. The summed E-state index contributed by atoms with van der Waals surface area (Å²) in [6.45, 7) is 2.66. The van der Waals surface area contributed by atoms with E-state index in [0.29, 0.717) is 39.1 Å². The zero-order valence-corrected chi connectivity index (χ0v) is 23.1. The van der Waals surface area contributed by atoms with Gasteiger partial charge in [0.25, 0.3) is 5.78 Å². The molecule has 0 saturated carbocycles. The molecular formula is C29H25FN4O4S2. The lowest BCUT2D eigenvalue weighted by Crippen LogP contribution is -2.29. The van der Waals surface area contributed by atoms with Gasteiger partial charge in [-0.25, -0.2) is 4.39 Å². The van der Waals surface area contributed by atoms with E-state index in [0.717, 1.165) is 24.2 Å². The highest BCUT2D eigenvalue weighted by atomic mass is 32.2. The third kappa shape index (κ3) is 5.75. The number of thioether (sulfide) groups is 1. The Hall–Kier alpha value is -4.09. The van der Waals surface area contributed by atoms with E-state index in [-0.39, 0.29) is 22.3 Å². The number of ether oxygens (including phenoxy) is 1. The number of rotatable bonds is 10. The fourth-order valence-corrected chi connectivity index (χ4v) is 6.06. The van der Waals surface area contributed by atoms with Crippen LogP contribution in [0.15, 0.2) is 83.0 Å². The monoisotopic (exact) mass is 576 g/mol. The average molecular weight is 577 g/mol. The topological polar surface area (TPSA) is 106 Å². The van der Waals surface area contributed by atoms with Crippen LogP contribution in [0.1, 0.15) is 42.5 Å². The molecule has 4 aromatic rings. The van der Waals surface area contributed by atoms with Gasteiger partial charge in [-0.1, -0.05) is 66.8 Å². The standard InChI is InChI=1S/C29H25FN4O4S2/c1-2-3-16-38-21-10-8-18(9-11-21)24-23(25(35)19-12-14-31-15-13-19)26(36)27(37)34(24)28-32-33-29(40-28)39-17-20-6-4-5-7-22(20)30/h4-15,24,35H,2-3,16-17H2,1H3. The van der Waals surface area contributed by atoms with E-state index in [2.05, 4.69) is 22.1 Å². The number of carbonyl (C=O) groups is 2. The molecule has 204 valence electrons. The highest BCUT2D eigenvalue weighted by molar-refractivity contribution is 8.00. The number of Topliss-reactive ketones (excluding diaryl/α,β-unsaturated/α-hetero) is 1. The quantitative estimate of drug-likeness (QED) is 0.0597. The molecule has 0 radical (unpaired) electrons. The first-order valence-corrected chi connectivity index (χ1v) is 14.4. The molecule has 40 heavy (non-hydrogen) atoms. The molecule has 5 rings (SSSR count). The van der Waals surface area contributed by atoms with Crippen molar-refractivity contribution in [3.63, 3.8) is 0 Å². The van der Waals surface area contributed by atoms with Crippen LogP contribution in [0.3, 0.4) is 0 Å². The zero-order chi connectivity index (χ0) is 28.1. The largest absolute Gasteiger partial charge is 0.507 e. The third-order valence-corrected chi connectivity index (χ3v) is 8.38. The van der Waals surface area contributed by atoms with Crippen molar-refractivity contribution in [3.05, 3.63) is 101 Å². The number of amides is 1. The molecule has 8 nitrogen and oxygen atoms in total. The third-order valence-electron chi connectivity index (χ3n) is 6.27. The number of hydrogen-bond acceptors (Lipinski definition) is 9. The van der Waals surface area contributed by atoms with Gasteiger partial charge in [-0.3, -0.25) is 19.5 Å². The molecule has 1 N–H and O–H groups in total. The van der Waals surface area contributed by atoms with Crippen molar-refractivity contribution >= 4 is 45.7 Å². The molecule has 1 saturated heterocycles. The van der Waals surface area contributed by atoms with Crippen LogP contribution >= 0.6 is 23.1 Å². The number of aliphatic hydroxyl groups excluding tert-OH is 1. The van der Waals surface area contributed by atoms with E-state index in [4.69, 9.17) is 4.74 Å². The smallest absolute Gasteiger partial charge is 0.301 e.